The molecule has 12 amide bonds. The quantitative estimate of drug-likeness (QED) is 0.0292. The molecule has 8 rings (SSSR count). The van der Waals surface area contributed by atoms with Gasteiger partial charge in [0.2, 0.25) is 41.4 Å². The number of esters is 1. The molecular formula is C86H124N14O30S2. The average molecular weight is 1900 g/mol. The summed E-state index contributed by atoms with van der Waals surface area (Å²) >= 11 is 2.52. The third kappa shape index (κ3) is 30.1. The van der Waals surface area contributed by atoms with Crippen molar-refractivity contribution in [1.29, 1.82) is 0 Å². The van der Waals surface area contributed by atoms with E-state index in [4.69, 9.17) is 52.1 Å². The van der Waals surface area contributed by atoms with Gasteiger partial charge in [-0.1, -0.05) is 31.2 Å². The van der Waals surface area contributed by atoms with Gasteiger partial charge in [0.15, 0.2) is 59.0 Å². The number of ether oxygens (including phenoxy) is 11. The molecule has 730 valence electrons. The predicted octanol–water partition coefficient (Wildman–Crippen LogP) is -0.363. The molecule has 13 atom stereocenters. The van der Waals surface area contributed by atoms with E-state index in [1.165, 1.54) is 114 Å². The molecule has 0 radical (unpaired) electrons. The van der Waals surface area contributed by atoms with Crippen LogP contribution in [0.4, 0.5) is 21.0 Å². The van der Waals surface area contributed by atoms with Gasteiger partial charge < -0.3 is 114 Å². The minimum atomic E-state index is -1.97. The monoisotopic (exact) mass is 1900 g/mol. The number of cyclic esters (lactones) is 2. The number of hydrogen-bond donors (Lipinski definition) is 12. The number of hydrazine groups is 1. The third-order valence-electron chi connectivity index (χ3n) is 22.4. The van der Waals surface area contributed by atoms with Crippen molar-refractivity contribution in [2.75, 3.05) is 174 Å². The Morgan fingerprint density at radius 2 is 1.02 bits per heavy atom. The molecule has 44 nitrogen and oxygen atoms in total. The average Bonchev–Trinajstić information content (AvgIpc) is 1.60. The number of thioether (sulfide) groups is 2. The molecule has 3 fully saturated rings. The van der Waals surface area contributed by atoms with Crippen molar-refractivity contribution in [3.05, 3.63) is 59.7 Å². The van der Waals surface area contributed by atoms with Gasteiger partial charge in [-0.3, -0.25) is 77.4 Å². The Bertz CT molecular complexity index is 4180. The van der Waals surface area contributed by atoms with Crippen LogP contribution >= 0.6 is 23.5 Å². The molecule has 46 heteroatoms. The summed E-state index contributed by atoms with van der Waals surface area (Å²) in [6, 6.07) is -4.75. The van der Waals surface area contributed by atoms with Crippen LogP contribution in [0.25, 0.3) is 0 Å². The number of nitrogens with one attached hydrogen (secondary N) is 9. The first-order valence-corrected chi connectivity index (χ1v) is 45.8. The fourth-order valence-electron chi connectivity index (χ4n) is 15.1. The number of carbonyl (C=O) groups is 16. The van der Waals surface area contributed by atoms with Crippen LogP contribution in [-0.2, 0) is 90.7 Å². The van der Waals surface area contributed by atoms with Crippen LogP contribution in [0.1, 0.15) is 125 Å². The Balaban J connectivity index is 1.14. The van der Waals surface area contributed by atoms with Crippen LogP contribution in [-0.4, -0.2) is 350 Å². The number of nitrogens with zero attached hydrogens (tertiary/aromatic N) is 5. The van der Waals surface area contributed by atoms with E-state index in [0.29, 0.717) is 35.5 Å². The predicted molar refractivity (Wildman–Crippen MR) is 475 cm³/mol. The minimum Gasteiger partial charge on any atom is -0.493 e. The highest BCUT2D eigenvalue weighted by Gasteiger charge is 2.49. The molecule has 0 saturated carbocycles. The van der Waals surface area contributed by atoms with Gasteiger partial charge in [-0.25, -0.2) is 24.8 Å². The molecule has 0 spiro atoms. The second-order valence-corrected chi connectivity index (χ2v) is 34.6. The van der Waals surface area contributed by atoms with Crippen molar-refractivity contribution < 1.29 is 144 Å². The summed E-state index contributed by atoms with van der Waals surface area (Å²) < 4.78 is 61.3. The van der Waals surface area contributed by atoms with Crippen LogP contribution in [0, 0.1) is 17.8 Å². The fraction of sp³-hybridized carbons (Fsp3) is 0.628. The summed E-state index contributed by atoms with van der Waals surface area (Å²) in [5.74, 6) is -15.1. The van der Waals surface area contributed by atoms with E-state index in [1.807, 2.05) is 0 Å². The lowest BCUT2D eigenvalue weighted by molar-refractivity contribution is -0.151. The van der Waals surface area contributed by atoms with Crippen molar-refractivity contribution in [2.24, 2.45) is 17.8 Å². The Hall–Kier alpha value is -10.8. The number of aliphatic hydroxyl groups excluding tert-OH is 3. The first kappa shape index (κ1) is 107. The van der Waals surface area contributed by atoms with Gasteiger partial charge in [0.25, 0.3) is 17.7 Å². The zero-order valence-corrected chi connectivity index (χ0v) is 77.4. The number of methoxy groups -OCH3 is 5. The number of ketones is 3. The van der Waals surface area contributed by atoms with Crippen molar-refractivity contribution in [1.82, 2.24) is 62.8 Å². The van der Waals surface area contributed by atoms with Gasteiger partial charge in [-0.05, 0) is 77.8 Å². The van der Waals surface area contributed by atoms with E-state index < -0.39 is 251 Å². The maximum Gasteiger partial charge on any atom is 0.416 e. The number of hydrogen-bond acceptors (Lipinski definition) is 34. The molecule has 2 aromatic rings. The summed E-state index contributed by atoms with van der Waals surface area (Å²) in [4.78, 5) is 234. The lowest BCUT2D eigenvalue weighted by Gasteiger charge is -2.36. The van der Waals surface area contributed by atoms with Gasteiger partial charge >= 0.3 is 18.2 Å². The molecule has 0 aromatic heterocycles. The van der Waals surface area contributed by atoms with Gasteiger partial charge in [0, 0.05) is 113 Å². The zero-order valence-electron chi connectivity index (χ0n) is 75.8. The van der Waals surface area contributed by atoms with Crippen LogP contribution in [0.3, 0.4) is 0 Å². The number of Topliss-reactive ketones (excluding diaryl/α,β-unsaturated/α-hetero) is 3. The van der Waals surface area contributed by atoms with E-state index in [-0.39, 0.29) is 149 Å². The smallest absolute Gasteiger partial charge is 0.416 e. The number of benzene rings is 2. The number of fused-ring (bicyclic) bond motifs is 5. The Morgan fingerprint density at radius 3 is 1.49 bits per heavy atom. The highest BCUT2D eigenvalue weighted by atomic mass is 32.2. The molecular weight excluding hydrogens is 1770 g/mol. The van der Waals surface area contributed by atoms with Crippen molar-refractivity contribution in [3.63, 3.8) is 0 Å². The summed E-state index contributed by atoms with van der Waals surface area (Å²) in [5, 5.41) is 56.5. The summed E-state index contributed by atoms with van der Waals surface area (Å²) in [7, 11) is 6.74. The fourth-order valence-corrected chi connectivity index (χ4v) is 17.4. The topological polar surface area (TPSA) is 560 Å². The van der Waals surface area contributed by atoms with Crippen LogP contribution < -0.4 is 76.7 Å². The summed E-state index contributed by atoms with van der Waals surface area (Å²) in [6.45, 7) is 11.0. The van der Waals surface area contributed by atoms with Crippen LogP contribution in [0.15, 0.2) is 48.6 Å². The standard InChI is InChI=1S/C86H124N14O30S2/c1-48-33-62-82(115)98-60-38-68(66(122-9)36-56(60)80(113)96(62)42-48)127-23-13-12-14-24-128-69-39-61-57(37-67(69)123-10)81(114)97-43-49(2)34-63(97)83(116)99(61)86(119)130-26-20-73(107)92-52(5)77(110)95-59(16-18-71(105)88-22-28-126-32-30-121-8)78(111)93-53(6)79(112)100-75(89-40-54(65(103)44-101)45-131-47-132-46-55(41-90-100)84(117)124-11)74(108)50(3)35-64(102)58(15-17-70(104)87-21-27-125-31-29-120-7)94-76(109)51(4)91-72(106)19-25-129-85(98)118/h36-39,50-55,58-59,62-63,75,82-83,89-90,101,115-116H,1-2,12-35,40-47H2,3-11H3,(H,87,104)(H,88,105)(H,91,106)(H,92,107)(H,93,111)(H,94,109)(H,95,110). The Kier molecular flexibility index (Phi) is 42.9. The second-order valence-electron chi connectivity index (χ2n) is 32.2. The van der Waals surface area contributed by atoms with Gasteiger partial charge in [0.05, 0.1) is 134 Å². The molecule has 6 aliphatic rings. The highest BCUT2D eigenvalue weighted by molar-refractivity contribution is 8.16. The van der Waals surface area contributed by atoms with Gasteiger partial charge in [-0.15, -0.1) is 0 Å². The molecule has 12 N–H and O–H groups in total. The third-order valence-corrected chi connectivity index (χ3v) is 25.0. The Labute approximate surface area is 772 Å². The molecule has 3 saturated heterocycles. The van der Waals surface area contributed by atoms with Crippen molar-refractivity contribution >= 4 is 129 Å². The minimum absolute atomic E-state index is 0.00657. The molecule has 4 bridgehead atoms. The summed E-state index contributed by atoms with van der Waals surface area (Å²) in [6.07, 6.45) is -10.4. The van der Waals surface area contributed by atoms with E-state index in [1.54, 1.807) is 0 Å². The number of rotatable bonds is 23. The molecule has 6 heterocycles. The van der Waals surface area contributed by atoms with E-state index in [2.05, 4.69) is 61.1 Å². The Morgan fingerprint density at radius 1 is 0.545 bits per heavy atom. The van der Waals surface area contributed by atoms with Crippen molar-refractivity contribution in [3.8, 4) is 23.0 Å². The van der Waals surface area contributed by atoms with Crippen LogP contribution in [0.5, 0.6) is 23.0 Å². The SMILES string of the molecule is C=C1CC2C(O)N3C(=O)OCCC(=O)NC(C)C(=O)NC(CCC(=O)NCCOCCOC)C(=O)CC(C)C(=O)C4NCC(C(=O)CO)CSCSCC(C(=O)OC)CNN4C(=O)C(C)NC(=O)C(CCC(=O)NCCOCCOC)NC(=O)C(C)NC(=O)CCOC(=O)N4c5cc(c(OC)cc5C(=O)N5CC(=C)CC5C4O)OCCCCCOc4cc3c(cc4OC)C(=O)N2C1. The van der Waals surface area contributed by atoms with Crippen molar-refractivity contribution in [2.45, 2.75) is 166 Å². The highest BCUT2D eigenvalue weighted by Crippen LogP contribution is 2.44. The molecule has 0 aliphatic carbocycles. The summed E-state index contributed by atoms with van der Waals surface area (Å²) in [5.41, 5.74) is 3.50. The largest absolute Gasteiger partial charge is 0.493 e. The van der Waals surface area contributed by atoms with E-state index >= 15 is 14.4 Å². The van der Waals surface area contributed by atoms with Gasteiger partial charge in [-0.2, -0.15) is 23.5 Å². The normalized spacial score (nSPS) is 25.4. The number of carbonyl (C=O) groups excluding carboxylic acids is 16. The molecule has 6 aliphatic heterocycles. The zero-order chi connectivity index (χ0) is 96.4. The van der Waals surface area contributed by atoms with E-state index in [0.717, 1.165) is 21.9 Å². The van der Waals surface area contributed by atoms with Gasteiger partial charge in [0.1, 0.15) is 44.0 Å². The molecule has 2 aromatic carbocycles. The number of amides is 12. The first-order valence-electron chi connectivity index (χ1n) is 43.5. The lowest BCUT2D eigenvalue weighted by Crippen LogP contribution is -2.65. The first-order chi connectivity index (χ1) is 63.2. The van der Waals surface area contributed by atoms with Crippen LogP contribution in [0.2, 0.25) is 0 Å². The number of aliphatic hydroxyl groups is 3. The second kappa shape index (κ2) is 53.2. The van der Waals surface area contributed by atoms with E-state index in [9.17, 15) is 77.6 Å². The maximum atomic E-state index is 15.6. The molecule has 132 heavy (non-hydrogen) atoms. The maximum absolute atomic E-state index is 15.6. The number of anilines is 2. The molecule has 13 unspecified atom stereocenters. The lowest BCUT2D eigenvalue weighted by atomic mass is 9.92.